The molecule has 0 N–H and O–H groups in total. The maximum absolute atomic E-state index is 13.4. The first-order valence-electron chi connectivity index (χ1n) is 9.79. The van der Waals surface area contributed by atoms with Crippen LogP contribution in [0.2, 0.25) is 0 Å². The highest BCUT2D eigenvalue weighted by atomic mass is 32.2. The molecular formula is C24H20N2O4S. The second-order valence-corrected chi connectivity index (χ2v) is 9.21. The molecule has 1 atom stereocenters. The highest BCUT2D eigenvalue weighted by Gasteiger charge is 2.36. The molecule has 1 unspecified atom stereocenters. The maximum Gasteiger partial charge on any atom is 0.338 e. The Balaban J connectivity index is 1.55. The van der Waals surface area contributed by atoms with E-state index < -0.39 is 16.0 Å². The Bertz CT molecular complexity index is 1280. The first-order chi connectivity index (χ1) is 14.9. The minimum absolute atomic E-state index is 0.0258. The molecule has 0 radical (unpaired) electrons. The Labute approximate surface area is 181 Å². The van der Waals surface area contributed by atoms with Gasteiger partial charge in [0.05, 0.1) is 27.8 Å². The first-order valence-corrected chi connectivity index (χ1v) is 11.2. The Morgan fingerprint density at radius 3 is 2.58 bits per heavy atom. The molecule has 0 spiro atoms. The number of esters is 1. The number of hydrogen-bond acceptors (Lipinski definition) is 5. The molecule has 0 fully saturated rings. The van der Waals surface area contributed by atoms with E-state index in [4.69, 9.17) is 10.00 Å². The van der Waals surface area contributed by atoms with E-state index in [-0.39, 0.29) is 23.1 Å². The van der Waals surface area contributed by atoms with Gasteiger partial charge in [0, 0.05) is 6.04 Å². The molecule has 0 aliphatic carbocycles. The van der Waals surface area contributed by atoms with Crippen LogP contribution in [0.4, 0.5) is 5.69 Å². The fourth-order valence-electron chi connectivity index (χ4n) is 3.71. The van der Waals surface area contributed by atoms with Crippen molar-refractivity contribution < 1.29 is 17.9 Å². The van der Waals surface area contributed by atoms with Crippen molar-refractivity contribution in [2.75, 3.05) is 4.31 Å². The summed E-state index contributed by atoms with van der Waals surface area (Å²) in [6.07, 6.45) is 0.641. The van der Waals surface area contributed by atoms with Gasteiger partial charge in [0.15, 0.2) is 0 Å². The Morgan fingerprint density at radius 1 is 1.10 bits per heavy atom. The predicted octanol–water partition coefficient (Wildman–Crippen LogP) is 4.06. The van der Waals surface area contributed by atoms with Crippen molar-refractivity contribution in [1.82, 2.24) is 0 Å². The molecule has 0 saturated heterocycles. The minimum atomic E-state index is -3.84. The van der Waals surface area contributed by atoms with Gasteiger partial charge in [-0.15, -0.1) is 0 Å². The summed E-state index contributed by atoms with van der Waals surface area (Å²) in [4.78, 5) is 12.6. The molecule has 6 nitrogen and oxygen atoms in total. The number of para-hydroxylation sites is 1. The van der Waals surface area contributed by atoms with E-state index in [1.807, 2.05) is 31.2 Å². The Kier molecular flexibility index (Phi) is 5.49. The zero-order chi connectivity index (χ0) is 22.0. The molecule has 1 aliphatic rings. The fourth-order valence-corrected chi connectivity index (χ4v) is 5.45. The van der Waals surface area contributed by atoms with Gasteiger partial charge >= 0.3 is 5.97 Å². The molecule has 31 heavy (non-hydrogen) atoms. The Morgan fingerprint density at radius 2 is 1.84 bits per heavy atom. The number of anilines is 1. The highest BCUT2D eigenvalue weighted by Crippen LogP contribution is 2.36. The average molecular weight is 433 g/mol. The molecule has 1 aliphatic heterocycles. The quantitative estimate of drug-likeness (QED) is 0.568. The smallest absolute Gasteiger partial charge is 0.338 e. The van der Waals surface area contributed by atoms with Gasteiger partial charge < -0.3 is 4.74 Å². The van der Waals surface area contributed by atoms with Crippen LogP contribution in [0.3, 0.4) is 0 Å². The zero-order valence-electron chi connectivity index (χ0n) is 16.9. The highest BCUT2D eigenvalue weighted by molar-refractivity contribution is 7.92. The number of benzene rings is 3. The molecule has 0 amide bonds. The topological polar surface area (TPSA) is 87.5 Å². The third kappa shape index (κ3) is 4.03. The van der Waals surface area contributed by atoms with Crippen LogP contribution in [0, 0.1) is 11.3 Å². The van der Waals surface area contributed by atoms with Gasteiger partial charge in [-0.3, -0.25) is 4.31 Å². The van der Waals surface area contributed by atoms with E-state index >= 15 is 0 Å². The van der Waals surface area contributed by atoms with Crippen LogP contribution in [0.25, 0.3) is 0 Å². The number of sulfonamides is 1. The van der Waals surface area contributed by atoms with Crippen LogP contribution in [0.1, 0.15) is 34.0 Å². The van der Waals surface area contributed by atoms with Crippen LogP contribution in [-0.2, 0) is 27.8 Å². The molecule has 0 bridgehead atoms. The van der Waals surface area contributed by atoms with Gasteiger partial charge in [-0.25, -0.2) is 13.2 Å². The van der Waals surface area contributed by atoms with Crippen LogP contribution >= 0.6 is 0 Å². The van der Waals surface area contributed by atoms with Gasteiger partial charge in [-0.1, -0.05) is 36.4 Å². The average Bonchev–Trinajstić information content (AvgIpc) is 3.14. The van der Waals surface area contributed by atoms with Crippen molar-refractivity contribution in [2.45, 2.75) is 30.9 Å². The molecular weight excluding hydrogens is 412 g/mol. The second-order valence-electron chi connectivity index (χ2n) is 7.40. The SMILES string of the molecule is CC1Cc2ccccc2N1S(=O)(=O)c1cccc(C(=O)OCc2ccc(C#N)cc2)c1. The van der Waals surface area contributed by atoms with Crippen molar-refractivity contribution in [3.8, 4) is 6.07 Å². The zero-order valence-corrected chi connectivity index (χ0v) is 17.7. The summed E-state index contributed by atoms with van der Waals surface area (Å²) in [5.74, 6) is -0.615. The molecule has 1 heterocycles. The number of fused-ring (bicyclic) bond motifs is 1. The number of nitrogens with zero attached hydrogens (tertiary/aromatic N) is 2. The van der Waals surface area contributed by atoms with E-state index in [0.717, 1.165) is 11.1 Å². The van der Waals surface area contributed by atoms with E-state index in [0.29, 0.717) is 17.7 Å². The summed E-state index contributed by atoms with van der Waals surface area (Å²) in [6, 6.07) is 21.9. The summed E-state index contributed by atoms with van der Waals surface area (Å²) >= 11 is 0. The number of carbonyl (C=O) groups is 1. The lowest BCUT2D eigenvalue weighted by molar-refractivity contribution is 0.0472. The van der Waals surface area contributed by atoms with E-state index in [2.05, 4.69) is 0 Å². The summed E-state index contributed by atoms with van der Waals surface area (Å²) in [6.45, 7) is 1.89. The van der Waals surface area contributed by atoms with Crippen molar-refractivity contribution >= 4 is 21.7 Å². The van der Waals surface area contributed by atoms with Gasteiger partial charge in [0.2, 0.25) is 0 Å². The molecule has 4 rings (SSSR count). The van der Waals surface area contributed by atoms with Gasteiger partial charge in [0.25, 0.3) is 10.0 Å². The van der Waals surface area contributed by atoms with Crippen molar-refractivity contribution in [2.24, 2.45) is 0 Å². The molecule has 3 aromatic rings. The largest absolute Gasteiger partial charge is 0.457 e. The third-order valence-corrected chi connectivity index (χ3v) is 7.15. The second kappa shape index (κ2) is 8.25. The summed E-state index contributed by atoms with van der Waals surface area (Å²) in [7, 11) is -3.84. The number of nitriles is 1. The number of hydrogen-bond donors (Lipinski definition) is 0. The number of carbonyl (C=O) groups excluding carboxylic acids is 1. The van der Waals surface area contributed by atoms with Crippen LogP contribution in [-0.4, -0.2) is 20.4 Å². The maximum atomic E-state index is 13.4. The van der Waals surface area contributed by atoms with Crippen LogP contribution < -0.4 is 4.31 Å². The first kappa shape index (κ1) is 20.6. The number of ether oxygens (including phenoxy) is 1. The fraction of sp³-hybridized carbons (Fsp3) is 0.167. The van der Waals surface area contributed by atoms with E-state index in [1.54, 1.807) is 30.3 Å². The van der Waals surface area contributed by atoms with Crippen LogP contribution in [0.15, 0.2) is 77.7 Å². The van der Waals surface area contributed by atoms with Crippen molar-refractivity contribution in [3.63, 3.8) is 0 Å². The van der Waals surface area contributed by atoms with Gasteiger partial charge in [-0.2, -0.15) is 5.26 Å². The minimum Gasteiger partial charge on any atom is -0.457 e. The van der Waals surface area contributed by atoms with Crippen molar-refractivity contribution in [1.29, 1.82) is 5.26 Å². The summed E-state index contributed by atoms with van der Waals surface area (Å²) < 4.78 is 33.5. The summed E-state index contributed by atoms with van der Waals surface area (Å²) in [5, 5.41) is 8.85. The monoisotopic (exact) mass is 432 g/mol. The van der Waals surface area contributed by atoms with Gasteiger partial charge in [-0.05, 0) is 60.9 Å². The lowest BCUT2D eigenvalue weighted by Gasteiger charge is -2.24. The van der Waals surface area contributed by atoms with Crippen molar-refractivity contribution in [3.05, 3.63) is 95.1 Å². The third-order valence-electron chi connectivity index (χ3n) is 5.22. The lowest BCUT2D eigenvalue weighted by atomic mass is 10.1. The van der Waals surface area contributed by atoms with E-state index in [1.165, 1.54) is 28.6 Å². The normalized spacial score (nSPS) is 15.2. The predicted molar refractivity (Wildman–Crippen MR) is 116 cm³/mol. The molecule has 7 heteroatoms. The lowest BCUT2D eigenvalue weighted by Crippen LogP contribution is -2.35. The standard InChI is InChI=1S/C24H20N2O4S/c1-17-13-20-5-2-3-8-23(20)26(17)31(28,29)22-7-4-6-21(14-22)24(27)30-16-19-11-9-18(15-25)10-12-19/h2-12,14,17H,13,16H2,1H3. The molecule has 156 valence electrons. The number of rotatable bonds is 5. The van der Waals surface area contributed by atoms with E-state index in [9.17, 15) is 13.2 Å². The Hall–Kier alpha value is -3.63. The van der Waals surface area contributed by atoms with Crippen LogP contribution in [0.5, 0.6) is 0 Å². The van der Waals surface area contributed by atoms with Gasteiger partial charge in [0.1, 0.15) is 6.61 Å². The summed E-state index contributed by atoms with van der Waals surface area (Å²) in [5.41, 5.74) is 3.07. The molecule has 3 aromatic carbocycles. The molecule has 0 aromatic heterocycles. The molecule has 0 saturated carbocycles.